The van der Waals surface area contributed by atoms with Crippen molar-refractivity contribution in [3.63, 3.8) is 0 Å². The van der Waals surface area contributed by atoms with E-state index in [1.165, 1.54) is 0 Å². The van der Waals surface area contributed by atoms with Gasteiger partial charge < -0.3 is 0 Å². The highest BCUT2D eigenvalue weighted by Crippen LogP contribution is 2.09. The van der Waals surface area contributed by atoms with Crippen molar-refractivity contribution in [1.82, 2.24) is 15.7 Å². The molecule has 0 unspecified atom stereocenters. The van der Waals surface area contributed by atoms with Crippen molar-refractivity contribution < 1.29 is 0 Å². The molecule has 1 N–H and O–H groups in total. The third-order valence-electron chi connectivity index (χ3n) is 1.86. The maximum Gasteiger partial charge on any atom is 0.0504 e. The molecule has 0 aromatic rings. The standard InChI is InChI=1S/C9H18N4/c1-8(2)13(9(3)4)12-7-5-6-10-11-12/h5-9,11H,1-4H3. The summed E-state index contributed by atoms with van der Waals surface area (Å²) in [5, 5.41) is 8.09. The summed E-state index contributed by atoms with van der Waals surface area (Å²) in [6.45, 7) is 8.64. The van der Waals surface area contributed by atoms with Gasteiger partial charge in [0.2, 0.25) is 0 Å². The first-order valence-electron chi connectivity index (χ1n) is 4.66. The Balaban J connectivity index is 2.65. The molecule has 1 aliphatic rings. The Kier molecular flexibility index (Phi) is 3.31. The molecule has 4 heteroatoms. The molecule has 0 radical (unpaired) electrons. The molecular formula is C9H18N4. The summed E-state index contributed by atoms with van der Waals surface area (Å²) in [6.07, 6.45) is 5.61. The van der Waals surface area contributed by atoms with Crippen molar-refractivity contribution in [3.05, 3.63) is 12.3 Å². The maximum atomic E-state index is 3.97. The molecule has 74 valence electrons. The van der Waals surface area contributed by atoms with Gasteiger partial charge in [0.15, 0.2) is 0 Å². The van der Waals surface area contributed by atoms with Crippen molar-refractivity contribution in [3.8, 4) is 0 Å². The van der Waals surface area contributed by atoms with Crippen molar-refractivity contribution in [2.75, 3.05) is 0 Å². The summed E-state index contributed by atoms with van der Waals surface area (Å²) >= 11 is 0. The highest BCUT2D eigenvalue weighted by Gasteiger charge is 2.19. The monoisotopic (exact) mass is 182 g/mol. The zero-order valence-electron chi connectivity index (χ0n) is 8.73. The van der Waals surface area contributed by atoms with Gasteiger partial charge in [0.1, 0.15) is 0 Å². The molecule has 0 saturated heterocycles. The summed E-state index contributed by atoms with van der Waals surface area (Å²) in [6, 6.07) is 0.899. The number of allylic oxidation sites excluding steroid dienone is 1. The molecule has 1 heterocycles. The van der Waals surface area contributed by atoms with E-state index in [1.54, 1.807) is 6.21 Å². The molecule has 0 aliphatic carbocycles. The van der Waals surface area contributed by atoms with Crippen LogP contribution in [0.3, 0.4) is 0 Å². The van der Waals surface area contributed by atoms with Crippen LogP contribution >= 0.6 is 0 Å². The number of hydrazine groups is 2. The fourth-order valence-electron chi connectivity index (χ4n) is 1.51. The lowest BCUT2D eigenvalue weighted by Gasteiger charge is -2.39. The Bertz CT molecular complexity index is 200. The fraction of sp³-hybridized carbons (Fsp3) is 0.667. The van der Waals surface area contributed by atoms with Gasteiger partial charge in [0, 0.05) is 18.3 Å². The SMILES string of the molecule is CC(C)N(C(C)C)N1C=CC=NN1. The molecule has 0 saturated carbocycles. The van der Waals surface area contributed by atoms with E-state index < -0.39 is 0 Å². The van der Waals surface area contributed by atoms with Crippen LogP contribution < -0.4 is 5.53 Å². The van der Waals surface area contributed by atoms with Crippen LogP contribution in [0.25, 0.3) is 0 Å². The summed E-state index contributed by atoms with van der Waals surface area (Å²) in [4.78, 5) is 0. The van der Waals surface area contributed by atoms with Gasteiger partial charge in [-0.3, -0.25) is 0 Å². The number of hydrazone groups is 1. The van der Waals surface area contributed by atoms with Crippen LogP contribution in [0.1, 0.15) is 27.7 Å². The highest BCUT2D eigenvalue weighted by atomic mass is 15.9. The van der Waals surface area contributed by atoms with Gasteiger partial charge in [-0.25, -0.2) is 10.7 Å². The van der Waals surface area contributed by atoms with Gasteiger partial charge in [-0.15, -0.1) is 0 Å². The van der Waals surface area contributed by atoms with Crippen LogP contribution in [0.4, 0.5) is 0 Å². The largest absolute Gasteiger partial charge is 0.208 e. The van der Waals surface area contributed by atoms with Gasteiger partial charge >= 0.3 is 0 Å². The van der Waals surface area contributed by atoms with Gasteiger partial charge in [-0.05, 0) is 33.8 Å². The second-order valence-corrected chi connectivity index (χ2v) is 3.63. The van der Waals surface area contributed by atoms with Crippen molar-refractivity contribution in [2.45, 2.75) is 39.8 Å². The third kappa shape index (κ3) is 2.45. The molecule has 0 aromatic carbocycles. The Labute approximate surface area is 79.8 Å². The molecule has 0 bridgehead atoms. The average molecular weight is 182 g/mol. The minimum absolute atomic E-state index is 0.449. The van der Waals surface area contributed by atoms with Crippen molar-refractivity contribution >= 4 is 6.21 Å². The number of hydrogen-bond donors (Lipinski definition) is 1. The van der Waals surface area contributed by atoms with E-state index >= 15 is 0 Å². The quantitative estimate of drug-likeness (QED) is 0.714. The molecular weight excluding hydrogens is 164 g/mol. The summed E-state index contributed by atoms with van der Waals surface area (Å²) < 4.78 is 0. The first-order chi connectivity index (χ1) is 6.13. The smallest absolute Gasteiger partial charge is 0.0504 e. The zero-order valence-corrected chi connectivity index (χ0v) is 8.73. The lowest BCUT2D eigenvalue weighted by Crippen LogP contribution is -2.53. The summed E-state index contributed by atoms with van der Waals surface area (Å²) in [5.74, 6) is 0. The number of rotatable bonds is 3. The van der Waals surface area contributed by atoms with E-state index in [0.717, 1.165) is 0 Å². The Morgan fingerprint density at radius 1 is 1.23 bits per heavy atom. The number of hydrogen-bond acceptors (Lipinski definition) is 4. The zero-order chi connectivity index (χ0) is 9.84. The predicted octanol–water partition coefficient (Wildman–Crippen LogP) is 1.34. The lowest BCUT2D eigenvalue weighted by molar-refractivity contribution is -0.0747. The Morgan fingerprint density at radius 2 is 1.85 bits per heavy atom. The van der Waals surface area contributed by atoms with Crippen molar-refractivity contribution in [1.29, 1.82) is 0 Å². The summed E-state index contributed by atoms with van der Waals surface area (Å²) in [7, 11) is 0. The van der Waals surface area contributed by atoms with Crippen LogP contribution in [0.15, 0.2) is 17.4 Å². The van der Waals surface area contributed by atoms with E-state index in [-0.39, 0.29) is 0 Å². The topological polar surface area (TPSA) is 30.9 Å². The third-order valence-corrected chi connectivity index (χ3v) is 1.86. The van der Waals surface area contributed by atoms with E-state index in [9.17, 15) is 0 Å². The molecule has 0 spiro atoms. The average Bonchev–Trinajstić information content (AvgIpc) is 2.04. The van der Waals surface area contributed by atoms with Gasteiger partial charge in [0.25, 0.3) is 0 Å². The number of nitrogens with zero attached hydrogens (tertiary/aromatic N) is 3. The second kappa shape index (κ2) is 4.28. The van der Waals surface area contributed by atoms with Gasteiger partial charge in [0.05, 0.1) is 6.21 Å². The van der Waals surface area contributed by atoms with E-state index in [0.29, 0.717) is 12.1 Å². The van der Waals surface area contributed by atoms with Gasteiger partial charge in [-0.1, -0.05) is 0 Å². The first-order valence-corrected chi connectivity index (χ1v) is 4.66. The lowest BCUT2D eigenvalue weighted by atomic mass is 10.3. The Hall–Kier alpha value is -1.03. The van der Waals surface area contributed by atoms with Crippen molar-refractivity contribution in [2.24, 2.45) is 5.10 Å². The molecule has 1 aliphatic heterocycles. The molecule has 0 atom stereocenters. The molecule has 0 fully saturated rings. The fourth-order valence-corrected chi connectivity index (χ4v) is 1.51. The summed E-state index contributed by atoms with van der Waals surface area (Å²) in [5.41, 5.74) is 2.92. The van der Waals surface area contributed by atoms with E-state index in [1.807, 2.05) is 17.4 Å². The van der Waals surface area contributed by atoms with E-state index in [4.69, 9.17) is 0 Å². The molecule has 0 amide bonds. The maximum absolute atomic E-state index is 3.97. The van der Waals surface area contributed by atoms with Crippen LogP contribution in [-0.2, 0) is 0 Å². The molecule has 4 nitrogen and oxygen atoms in total. The van der Waals surface area contributed by atoms with Crippen LogP contribution in [0, 0.1) is 0 Å². The second-order valence-electron chi connectivity index (χ2n) is 3.63. The van der Waals surface area contributed by atoms with E-state index in [2.05, 4.69) is 43.3 Å². The molecule has 13 heavy (non-hydrogen) atoms. The molecule has 1 rings (SSSR count). The highest BCUT2D eigenvalue weighted by molar-refractivity contribution is 5.70. The van der Waals surface area contributed by atoms with Crippen LogP contribution in [-0.4, -0.2) is 28.4 Å². The predicted molar refractivity (Wildman–Crippen MR) is 54.7 cm³/mol. The first kappa shape index (κ1) is 10.1. The van der Waals surface area contributed by atoms with Crippen LogP contribution in [0.2, 0.25) is 0 Å². The molecule has 0 aromatic heterocycles. The minimum atomic E-state index is 0.449. The van der Waals surface area contributed by atoms with Gasteiger partial charge in [-0.2, -0.15) is 10.1 Å². The number of nitrogens with one attached hydrogen (secondary N) is 1. The van der Waals surface area contributed by atoms with Crippen LogP contribution in [0.5, 0.6) is 0 Å². The Morgan fingerprint density at radius 3 is 2.23 bits per heavy atom. The minimum Gasteiger partial charge on any atom is -0.208 e. The normalized spacial score (nSPS) is 16.1.